The highest BCUT2D eigenvalue weighted by Crippen LogP contribution is 2.37. The van der Waals surface area contributed by atoms with Crippen molar-refractivity contribution in [1.29, 1.82) is 0 Å². The lowest BCUT2D eigenvalue weighted by Crippen LogP contribution is -2.10. The first-order valence-electron chi connectivity index (χ1n) is 5.07. The summed E-state index contributed by atoms with van der Waals surface area (Å²) in [5, 5.41) is 1.89. The minimum atomic E-state index is -0.387. The Morgan fingerprint density at radius 1 is 1.35 bits per heavy atom. The van der Waals surface area contributed by atoms with E-state index in [1.807, 2.05) is 6.07 Å². The van der Waals surface area contributed by atoms with Gasteiger partial charge in [-0.05, 0) is 26.0 Å². The molecular weight excluding hydrogens is 279 g/mol. The van der Waals surface area contributed by atoms with Crippen LogP contribution >= 0.6 is 34.5 Å². The van der Waals surface area contributed by atoms with Gasteiger partial charge in [0.25, 0.3) is 0 Å². The summed E-state index contributed by atoms with van der Waals surface area (Å²) in [5.74, 6) is -0.387. The number of thiophene rings is 1. The molecule has 2 aromatic rings. The van der Waals surface area contributed by atoms with Gasteiger partial charge in [-0.2, -0.15) is 0 Å². The minimum absolute atomic E-state index is 0.160. The van der Waals surface area contributed by atoms with Crippen LogP contribution in [0.3, 0.4) is 0 Å². The zero-order valence-corrected chi connectivity index (χ0v) is 11.6. The van der Waals surface area contributed by atoms with Gasteiger partial charge >= 0.3 is 5.97 Å². The number of halogens is 2. The molecule has 2 rings (SSSR count). The number of rotatable bonds is 2. The van der Waals surface area contributed by atoms with E-state index in [2.05, 4.69) is 0 Å². The van der Waals surface area contributed by atoms with Gasteiger partial charge in [-0.15, -0.1) is 11.3 Å². The lowest BCUT2D eigenvalue weighted by molar-refractivity contribution is 0.0384. The van der Waals surface area contributed by atoms with Crippen molar-refractivity contribution in [2.45, 2.75) is 20.0 Å². The zero-order valence-electron chi connectivity index (χ0n) is 9.29. The SMILES string of the molecule is CC(C)OC(=O)c1sc2cc(Cl)ccc2c1Cl. The highest BCUT2D eigenvalue weighted by molar-refractivity contribution is 7.21. The second-order valence-corrected chi connectivity index (χ2v) is 5.71. The summed E-state index contributed by atoms with van der Waals surface area (Å²) in [5.41, 5.74) is 0. The van der Waals surface area contributed by atoms with E-state index in [0.717, 1.165) is 10.1 Å². The van der Waals surface area contributed by atoms with E-state index in [0.29, 0.717) is 14.9 Å². The number of carbonyl (C=O) groups is 1. The van der Waals surface area contributed by atoms with Crippen molar-refractivity contribution in [2.75, 3.05) is 0 Å². The normalized spacial score (nSPS) is 11.1. The number of fused-ring (bicyclic) bond motifs is 1. The van der Waals surface area contributed by atoms with Crippen molar-refractivity contribution in [3.8, 4) is 0 Å². The molecule has 0 saturated carbocycles. The maximum atomic E-state index is 11.8. The van der Waals surface area contributed by atoms with Gasteiger partial charge in [0.2, 0.25) is 0 Å². The summed E-state index contributed by atoms with van der Waals surface area (Å²) in [6, 6.07) is 5.35. The molecule has 5 heteroatoms. The molecule has 1 aromatic carbocycles. The van der Waals surface area contributed by atoms with Gasteiger partial charge in [-0.3, -0.25) is 0 Å². The van der Waals surface area contributed by atoms with Gasteiger partial charge in [0, 0.05) is 15.1 Å². The van der Waals surface area contributed by atoms with Gasteiger partial charge < -0.3 is 4.74 Å². The van der Waals surface area contributed by atoms with E-state index in [-0.39, 0.29) is 12.1 Å². The maximum absolute atomic E-state index is 11.8. The quantitative estimate of drug-likeness (QED) is 0.744. The zero-order chi connectivity index (χ0) is 12.6. The lowest BCUT2D eigenvalue weighted by atomic mass is 10.2. The smallest absolute Gasteiger partial charge is 0.350 e. The van der Waals surface area contributed by atoms with Crippen molar-refractivity contribution in [1.82, 2.24) is 0 Å². The summed E-state index contributed by atoms with van der Waals surface area (Å²) < 4.78 is 6.02. The number of hydrogen-bond acceptors (Lipinski definition) is 3. The molecule has 0 atom stereocenters. The van der Waals surface area contributed by atoms with E-state index in [9.17, 15) is 4.79 Å². The third-order valence-corrected chi connectivity index (χ3v) is 3.99. The molecule has 0 aliphatic rings. The Morgan fingerprint density at radius 3 is 2.71 bits per heavy atom. The molecule has 0 spiro atoms. The van der Waals surface area contributed by atoms with Crippen LogP contribution in [-0.2, 0) is 4.74 Å². The molecule has 1 aromatic heterocycles. The summed E-state index contributed by atoms with van der Waals surface area (Å²) in [7, 11) is 0. The summed E-state index contributed by atoms with van der Waals surface area (Å²) in [4.78, 5) is 12.2. The average Bonchev–Trinajstić information content (AvgIpc) is 2.54. The molecule has 0 N–H and O–H groups in total. The fourth-order valence-corrected chi connectivity index (χ4v) is 3.11. The van der Waals surface area contributed by atoms with Crippen LogP contribution in [0.15, 0.2) is 18.2 Å². The van der Waals surface area contributed by atoms with Gasteiger partial charge in [-0.1, -0.05) is 29.3 Å². The largest absolute Gasteiger partial charge is 0.459 e. The third-order valence-electron chi connectivity index (χ3n) is 2.12. The second kappa shape index (κ2) is 4.84. The molecule has 0 saturated heterocycles. The molecule has 0 bridgehead atoms. The highest BCUT2D eigenvalue weighted by Gasteiger charge is 2.19. The standard InChI is InChI=1S/C12H10Cl2O2S/c1-6(2)16-12(15)11-10(14)8-4-3-7(13)5-9(8)17-11/h3-6H,1-2H3. The molecule has 0 aliphatic heterocycles. The molecule has 90 valence electrons. The Kier molecular flexibility index (Phi) is 3.61. The summed E-state index contributed by atoms with van der Waals surface area (Å²) in [6.07, 6.45) is -0.160. The van der Waals surface area contributed by atoms with Crippen LogP contribution in [0.1, 0.15) is 23.5 Å². The minimum Gasteiger partial charge on any atom is -0.459 e. The molecule has 0 unspecified atom stereocenters. The molecular formula is C12H10Cl2O2S. The van der Waals surface area contributed by atoms with Gasteiger partial charge in [-0.25, -0.2) is 4.79 Å². The second-order valence-electron chi connectivity index (χ2n) is 3.84. The van der Waals surface area contributed by atoms with E-state index < -0.39 is 0 Å². The highest BCUT2D eigenvalue weighted by atomic mass is 35.5. The van der Waals surface area contributed by atoms with Gasteiger partial charge in [0.05, 0.1) is 11.1 Å². The fraction of sp³-hybridized carbons (Fsp3) is 0.250. The molecule has 0 fully saturated rings. The maximum Gasteiger partial charge on any atom is 0.350 e. The van der Waals surface area contributed by atoms with Crippen LogP contribution in [-0.4, -0.2) is 12.1 Å². The number of hydrogen-bond donors (Lipinski definition) is 0. The first-order valence-corrected chi connectivity index (χ1v) is 6.65. The predicted molar refractivity (Wildman–Crippen MR) is 72.4 cm³/mol. The van der Waals surface area contributed by atoms with E-state index in [4.69, 9.17) is 27.9 Å². The molecule has 0 radical (unpaired) electrons. The summed E-state index contributed by atoms with van der Waals surface area (Å²) >= 11 is 13.3. The van der Waals surface area contributed by atoms with Crippen LogP contribution < -0.4 is 0 Å². The van der Waals surface area contributed by atoms with Gasteiger partial charge in [0.15, 0.2) is 0 Å². The Bertz CT molecular complexity index is 575. The molecule has 2 nitrogen and oxygen atoms in total. The average molecular weight is 289 g/mol. The Balaban J connectivity index is 2.48. The van der Waals surface area contributed by atoms with Crippen LogP contribution in [0.4, 0.5) is 0 Å². The van der Waals surface area contributed by atoms with Crippen molar-refractivity contribution in [3.63, 3.8) is 0 Å². The number of esters is 1. The molecule has 1 heterocycles. The molecule has 0 amide bonds. The number of carbonyl (C=O) groups excluding carboxylic acids is 1. The number of benzene rings is 1. The monoisotopic (exact) mass is 288 g/mol. The van der Waals surface area contributed by atoms with Crippen LogP contribution in [0.25, 0.3) is 10.1 Å². The van der Waals surface area contributed by atoms with Gasteiger partial charge in [0.1, 0.15) is 4.88 Å². The molecule has 0 aliphatic carbocycles. The first kappa shape index (κ1) is 12.7. The Labute approximate surface area is 113 Å². The van der Waals surface area contributed by atoms with Crippen molar-refractivity contribution >= 4 is 50.6 Å². The van der Waals surface area contributed by atoms with Crippen LogP contribution in [0.5, 0.6) is 0 Å². The van der Waals surface area contributed by atoms with Crippen molar-refractivity contribution in [2.24, 2.45) is 0 Å². The van der Waals surface area contributed by atoms with Crippen molar-refractivity contribution in [3.05, 3.63) is 33.1 Å². The van der Waals surface area contributed by atoms with E-state index in [1.165, 1.54) is 11.3 Å². The fourth-order valence-electron chi connectivity index (χ4n) is 1.44. The molecule has 17 heavy (non-hydrogen) atoms. The van der Waals surface area contributed by atoms with E-state index >= 15 is 0 Å². The van der Waals surface area contributed by atoms with E-state index in [1.54, 1.807) is 26.0 Å². The number of ether oxygens (including phenoxy) is 1. The summed E-state index contributed by atoms with van der Waals surface area (Å²) in [6.45, 7) is 3.60. The Hall–Kier alpha value is -0.770. The third kappa shape index (κ3) is 2.57. The topological polar surface area (TPSA) is 26.3 Å². The predicted octanol–water partition coefficient (Wildman–Crippen LogP) is 4.77. The van der Waals surface area contributed by atoms with Crippen molar-refractivity contribution < 1.29 is 9.53 Å². The lowest BCUT2D eigenvalue weighted by Gasteiger charge is -2.05. The van der Waals surface area contributed by atoms with Crippen LogP contribution in [0.2, 0.25) is 10.0 Å². The van der Waals surface area contributed by atoms with Crippen LogP contribution in [0, 0.1) is 0 Å². The first-order chi connectivity index (χ1) is 7.99. The Morgan fingerprint density at radius 2 is 2.06 bits per heavy atom.